The summed E-state index contributed by atoms with van der Waals surface area (Å²) in [5.41, 5.74) is 2.16. The van der Waals surface area contributed by atoms with Gasteiger partial charge in [-0.25, -0.2) is 4.79 Å². The van der Waals surface area contributed by atoms with Crippen LogP contribution in [-0.2, 0) is 11.2 Å². The molecule has 0 aliphatic carbocycles. The van der Waals surface area contributed by atoms with E-state index in [4.69, 9.17) is 4.74 Å². The second-order valence-corrected chi connectivity index (χ2v) is 9.32. The van der Waals surface area contributed by atoms with Gasteiger partial charge in [0.1, 0.15) is 5.60 Å². The minimum Gasteiger partial charge on any atom is -0.444 e. The molecular formula is C23H37IN4O2. The summed E-state index contributed by atoms with van der Waals surface area (Å²) in [6.45, 7) is 8.72. The summed E-state index contributed by atoms with van der Waals surface area (Å²) in [5, 5.41) is 7.00. The first-order valence-corrected chi connectivity index (χ1v) is 10.8. The first-order chi connectivity index (χ1) is 13.7. The third kappa shape index (κ3) is 6.75. The number of fused-ring (bicyclic) bond motifs is 2. The molecule has 2 unspecified atom stereocenters. The van der Waals surface area contributed by atoms with Gasteiger partial charge in [-0.3, -0.25) is 4.99 Å². The molecule has 1 amide bonds. The number of halogens is 1. The van der Waals surface area contributed by atoms with Crippen molar-refractivity contribution in [1.29, 1.82) is 0 Å². The lowest BCUT2D eigenvalue weighted by Crippen LogP contribution is -2.55. The van der Waals surface area contributed by atoms with Gasteiger partial charge in [0.25, 0.3) is 0 Å². The molecule has 0 radical (unpaired) electrons. The quantitative estimate of drug-likeness (QED) is 0.349. The second-order valence-electron chi connectivity index (χ2n) is 9.32. The van der Waals surface area contributed by atoms with Crippen LogP contribution in [0.3, 0.4) is 0 Å². The second kappa shape index (κ2) is 10.7. The maximum atomic E-state index is 12.6. The fraction of sp³-hybridized carbons (Fsp3) is 0.652. The highest BCUT2D eigenvalue weighted by molar-refractivity contribution is 14.0. The number of aliphatic imine (C=N–C) groups is 1. The van der Waals surface area contributed by atoms with Gasteiger partial charge in [-0.2, -0.15) is 0 Å². The van der Waals surface area contributed by atoms with E-state index < -0.39 is 5.60 Å². The Morgan fingerprint density at radius 3 is 2.30 bits per heavy atom. The van der Waals surface area contributed by atoms with Crippen LogP contribution in [0, 0.1) is 6.92 Å². The molecule has 30 heavy (non-hydrogen) atoms. The van der Waals surface area contributed by atoms with Gasteiger partial charge in [-0.05, 0) is 65.4 Å². The normalized spacial score (nSPS) is 23.6. The summed E-state index contributed by atoms with van der Waals surface area (Å²) < 4.78 is 5.63. The van der Waals surface area contributed by atoms with E-state index in [0.29, 0.717) is 6.04 Å². The Kier molecular flexibility index (Phi) is 8.82. The highest BCUT2D eigenvalue weighted by Crippen LogP contribution is 2.36. The molecule has 2 aliphatic rings. The average molecular weight is 528 g/mol. The van der Waals surface area contributed by atoms with E-state index in [0.717, 1.165) is 44.6 Å². The Morgan fingerprint density at radius 1 is 1.17 bits per heavy atom. The molecule has 2 heterocycles. The van der Waals surface area contributed by atoms with Crippen LogP contribution < -0.4 is 10.6 Å². The number of ether oxygens (including phenoxy) is 1. The maximum Gasteiger partial charge on any atom is 0.410 e. The summed E-state index contributed by atoms with van der Waals surface area (Å²) in [5.74, 6) is 0.840. The summed E-state index contributed by atoms with van der Waals surface area (Å²) in [4.78, 5) is 19.0. The van der Waals surface area contributed by atoms with Crippen LogP contribution in [0.2, 0.25) is 0 Å². The molecule has 2 atom stereocenters. The van der Waals surface area contributed by atoms with E-state index >= 15 is 0 Å². The van der Waals surface area contributed by atoms with Crippen molar-refractivity contribution in [2.75, 3.05) is 13.6 Å². The van der Waals surface area contributed by atoms with Crippen LogP contribution in [0.5, 0.6) is 0 Å². The standard InChI is InChI=1S/C23H36N4O2.HI/c1-16-6-8-17(9-7-16)12-13-25-21(24-5)26-18-14-19-10-11-20(15-18)27(19)22(28)29-23(2,3)4;/h6-9,18-20H,10-15H2,1-5H3,(H2,24,25,26);1H. The third-order valence-corrected chi connectivity index (χ3v) is 5.73. The molecule has 0 aromatic heterocycles. The zero-order chi connectivity index (χ0) is 21.0. The van der Waals surface area contributed by atoms with Crippen molar-refractivity contribution in [2.45, 2.75) is 83.5 Å². The van der Waals surface area contributed by atoms with E-state index in [2.05, 4.69) is 46.8 Å². The number of nitrogens with zero attached hydrogens (tertiary/aromatic N) is 2. The molecule has 2 bridgehead atoms. The molecule has 1 aromatic carbocycles. The van der Waals surface area contributed by atoms with Crippen molar-refractivity contribution in [2.24, 2.45) is 4.99 Å². The van der Waals surface area contributed by atoms with Crippen molar-refractivity contribution in [3.63, 3.8) is 0 Å². The summed E-state index contributed by atoms with van der Waals surface area (Å²) in [6.07, 6.45) is 4.79. The third-order valence-electron chi connectivity index (χ3n) is 5.73. The highest BCUT2D eigenvalue weighted by atomic mass is 127. The number of rotatable bonds is 4. The highest BCUT2D eigenvalue weighted by Gasteiger charge is 2.45. The van der Waals surface area contributed by atoms with Crippen LogP contribution >= 0.6 is 24.0 Å². The summed E-state index contributed by atoms with van der Waals surface area (Å²) in [6, 6.07) is 9.50. The fourth-order valence-corrected chi connectivity index (χ4v) is 4.38. The monoisotopic (exact) mass is 528 g/mol. The van der Waals surface area contributed by atoms with Crippen LogP contribution in [0.15, 0.2) is 29.3 Å². The lowest BCUT2D eigenvalue weighted by molar-refractivity contribution is 0.00545. The van der Waals surface area contributed by atoms with Gasteiger partial charge in [0, 0.05) is 31.7 Å². The van der Waals surface area contributed by atoms with E-state index in [1.54, 1.807) is 0 Å². The van der Waals surface area contributed by atoms with Gasteiger partial charge >= 0.3 is 6.09 Å². The lowest BCUT2D eigenvalue weighted by atomic mass is 9.98. The topological polar surface area (TPSA) is 66.0 Å². The number of carbonyl (C=O) groups is 1. The van der Waals surface area contributed by atoms with Crippen LogP contribution in [0.1, 0.15) is 57.6 Å². The van der Waals surface area contributed by atoms with E-state index in [9.17, 15) is 4.79 Å². The van der Waals surface area contributed by atoms with Gasteiger partial charge in [0.2, 0.25) is 0 Å². The molecule has 6 nitrogen and oxygen atoms in total. The van der Waals surface area contributed by atoms with Crippen molar-refractivity contribution in [1.82, 2.24) is 15.5 Å². The van der Waals surface area contributed by atoms with Gasteiger partial charge in [-0.15, -0.1) is 24.0 Å². The Balaban J connectivity index is 0.00000320. The maximum absolute atomic E-state index is 12.6. The van der Waals surface area contributed by atoms with Crippen molar-refractivity contribution >= 4 is 36.0 Å². The van der Waals surface area contributed by atoms with Gasteiger partial charge in [0.15, 0.2) is 5.96 Å². The van der Waals surface area contributed by atoms with Crippen LogP contribution in [0.4, 0.5) is 4.79 Å². The number of benzene rings is 1. The molecule has 1 aromatic rings. The number of piperidine rings is 1. The van der Waals surface area contributed by atoms with Crippen LogP contribution in [0.25, 0.3) is 0 Å². The number of carbonyl (C=O) groups excluding carboxylic acids is 1. The van der Waals surface area contributed by atoms with E-state index in [-0.39, 0.29) is 42.2 Å². The Hall–Kier alpha value is -1.51. The lowest BCUT2D eigenvalue weighted by Gasteiger charge is -2.40. The Morgan fingerprint density at radius 2 is 1.77 bits per heavy atom. The zero-order valence-electron chi connectivity index (χ0n) is 18.9. The number of hydrogen-bond acceptors (Lipinski definition) is 3. The first kappa shape index (κ1) is 24.8. The smallest absolute Gasteiger partial charge is 0.410 e. The number of hydrogen-bond donors (Lipinski definition) is 2. The predicted molar refractivity (Wildman–Crippen MR) is 133 cm³/mol. The van der Waals surface area contributed by atoms with Crippen LogP contribution in [-0.4, -0.2) is 54.3 Å². The van der Waals surface area contributed by atoms with Gasteiger partial charge in [-0.1, -0.05) is 29.8 Å². The molecule has 2 saturated heterocycles. The molecule has 2 N–H and O–H groups in total. The molecule has 168 valence electrons. The number of guanidine groups is 1. The summed E-state index contributed by atoms with van der Waals surface area (Å²) in [7, 11) is 1.81. The Bertz CT molecular complexity index is 716. The molecule has 0 saturated carbocycles. The predicted octanol–water partition coefficient (Wildman–Crippen LogP) is 4.25. The molecule has 2 aliphatic heterocycles. The molecule has 7 heteroatoms. The number of amides is 1. The first-order valence-electron chi connectivity index (χ1n) is 10.8. The molecular weight excluding hydrogens is 491 g/mol. The van der Waals surface area contributed by atoms with E-state index in [1.807, 2.05) is 32.7 Å². The Labute approximate surface area is 198 Å². The van der Waals surface area contributed by atoms with E-state index in [1.165, 1.54) is 11.1 Å². The average Bonchev–Trinajstić information content (AvgIpc) is 2.92. The van der Waals surface area contributed by atoms with Crippen molar-refractivity contribution in [3.05, 3.63) is 35.4 Å². The SMILES string of the molecule is CN=C(NCCc1ccc(C)cc1)NC1CC2CCC(C1)N2C(=O)OC(C)(C)C.I. The number of aryl methyl sites for hydroxylation is 1. The minimum absolute atomic E-state index is 0. The largest absolute Gasteiger partial charge is 0.444 e. The molecule has 0 spiro atoms. The van der Waals surface area contributed by atoms with Gasteiger partial charge in [0.05, 0.1) is 0 Å². The number of nitrogens with one attached hydrogen (secondary N) is 2. The van der Waals surface area contributed by atoms with Crippen molar-refractivity contribution < 1.29 is 9.53 Å². The van der Waals surface area contributed by atoms with Crippen molar-refractivity contribution in [3.8, 4) is 0 Å². The molecule has 2 fully saturated rings. The fourth-order valence-electron chi connectivity index (χ4n) is 4.38. The minimum atomic E-state index is -0.449. The summed E-state index contributed by atoms with van der Waals surface area (Å²) >= 11 is 0. The van der Waals surface area contributed by atoms with Gasteiger partial charge < -0.3 is 20.3 Å². The zero-order valence-corrected chi connectivity index (χ0v) is 21.2. The molecule has 3 rings (SSSR count).